The predicted octanol–water partition coefficient (Wildman–Crippen LogP) is 1.06. The lowest BCUT2D eigenvalue weighted by atomic mass is 9.94. The summed E-state index contributed by atoms with van der Waals surface area (Å²) in [6, 6.07) is 8.88. The third kappa shape index (κ3) is 2.76. The Bertz CT molecular complexity index is 483. The van der Waals surface area contributed by atoms with Crippen LogP contribution in [0, 0.1) is 5.92 Å². The number of hydrogen-bond acceptors (Lipinski definition) is 3. The predicted molar refractivity (Wildman–Crippen MR) is 70.3 cm³/mol. The Morgan fingerprint density at radius 3 is 2.37 bits per heavy atom. The molecule has 0 aliphatic heterocycles. The number of carboxylic acids is 1. The Morgan fingerprint density at radius 1 is 1.32 bits per heavy atom. The average molecular weight is 262 g/mol. The number of hydrogen-bond donors (Lipinski definition) is 3. The topological polar surface area (TPSA) is 92.4 Å². The molecule has 1 aromatic rings. The second-order valence-corrected chi connectivity index (χ2v) is 5.10. The van der Waals surface area contributed by atoms with E-state index in [1.807, 2.05) is 30.3 Å². The van der Waals surface area contributed by atoms with Gasteiger partial charge in [0.05, 0.1) is 5.92 Å². The molecule has 102 valence electrons. The van der Waals surface area contributed by atoms with Crippen molar-refractivity contribution in [3.8, 4) is 0 Å². The maximum absolute atomic E-state index is 12.1. The zero-order chi connectivity index (χ0) is 14.0. The van der Waals surface area contributed by atoms with Crippen molar-refractivity contribution in [2.45, 2.75) is 31.3 Å². The first-order valence-electron chi connectivity index (χ1n) is 6.32. The fourth-order valence-electron chi connectivity index (χ4n) is 1.99. The van der Waals surface area contributed by atoms with Gasteiger partial charge in [0.25, 0.3) is 0 Å². The molecule has 0 saturated heterocycles. The van der Waals surface area contributed by atoms with E-state index in [0.717, 1.165) is 5.56 Å². The Labute approximate surface area is 111 Å². The molecule has 2 atom stereocenters. The van der Waals surface area contributed by atoms with Crippen molar-refractivity contribution in [3.05, 3.63) is 35.9 Å². The molecule has 1 fully saturated rings. The molecule has 2 unspecified atom stereocenters. The van der Waals surface area contributed by atoms with Gasteiger partial charge in [-0.05, 0) is 18.4 Å². The maximum atomic E-state index is 12.1. The van der Waals surface area contributed by atoms with Crippen LogP contribution < -0.4 is 11.1 Å². The van der Waals surface area contributed by atoms with Crippen molar-refractivity contribution in [1.29, 1.82) is 0 Å². The average Bonchev–Trinajstić information content (AvgIpc) is 3.19. The molecule has 1 aliphatic carbocycles. The van der Waals surface area contributed by atoms with E-state index >= 15 is 0 Å². The second kappa shape index (κ2) is 5.01. The van der Waals surface area contributed by atoms with Crippen LogP contribution in [0.1, 0.15) is 31.4 Å². The zero-order valence-electron chi connectivity index (χ0n) is 10.8. The van der Waals surface area contributed by atoms with Gasteiger partial charge in [0.2, 0.25) is 5.91 Å². The standard InChI is InChI=1S/C14H18N2O3/c1-9(11(15)10-5-3-2-4-6-10)12(17)16-14(7-8-14)13(18)19/h2-6,9,11H,7-8,15H2,1H3,(H,16,17)(H,18,19). The number of carbonyl (C=O) groups is 2. The van der Waals surface area contributed by atoms with Gasteiger partial charge in [-0.25, -0.2) is 4.79 Å². The van der Waals surface area contributed by atoms with E-state index in [9.17, 15) is 9.59 Å². The van der Waals surface area contributed by atoms with Gasteiger partial charge in [-0.2, -0.15) is 0 Å². The van der Waals surface area contributed by atoms with Crippen molar-refractivity contribution < 1.29 is 14.7 Å². The summed E-state index contributed by atoms with van der Waals surface area (Å²) >= 11 is 0. The quantitative estimate of drug-likeness (QED) is 0.739. The van der Waals surface area contributed by atoms with Gasteiger partial charge >= 0.3 is 5.97 Å². The number of carbonyl (C=O) groups excluding carboxylic acids is 1. The number of amides is 1. The molecular weight excluding hydrogens is 244 g/mol. The van der Waals surface area contributed by atoms with Gasteiger partial charge in [0.15, 0.2) is 0 Å². The fraction of sp³-hybridized carbons (Fsp3) is 0.429. The van der Waals surface area contributed by atoms with Gasteiger partial charge < -0.3 is 16.2 Å². The fourth-order valence-corrected chi connectivity index (χ4v) is 1.99. The van der Waals surface area contributed by atoms with Gasteiger partial charge in [-0.1, -0.05) is 37.3 Å². The molecule has 1 amide bonds. The third-order valence-electron chi connectivity index (χ3n) is 3.66. The van der Waals surface area contributed by atoms with E-state index < -0.39 is 23.5 Å². The monoisotopic (exact) mass is 262 g/mol. The van der Waals surface area contributed by atoms with Gasteiger partial charge in [-0.15, -0.1) is 0 Å². The molecule has 1 aromatic carbocycles. The summed E-state index contributed by atoms with van der Waals surface area (Å²) in [6.07, 6.45) is 0.975. The van der Waals surface area contributed by atoms with Crippen LogP contribution in [0.5, 0.6) is 0 Å². The Hall–Kier alpha value is -1.88. The maximum Gasteiger partial charge on any atom is 0.329 e. The van der Waals surface area contributed by atoms with Crippen LogP contribution in [0.25, 0.3) is 0 Å². The van der Waals surface area contributed by atoms with Gasteiger partial charge in [-0.3, -0.25) is 4.79 Å². The number of carboxylic acid groups (broad SMARTS) is 1. The van der Waals surface area contributed by atoms with Crippen molar-refractivity contribution in [1.82, 2.24) is 5.32 Å². The zero-order valence-corrected chi connectivity index (χ0v) is 10.8. The largest absolute Gasteiger partial charge is 0.480 e. The molecule has 0 spiro atoms. The summed E-state index contributed by atoms with van der Waals surface area (Å²) < 4.78 is 0. The first-order valence-corrected chi connectivity index (χ1v) is 6.32. The number of aliphatic carboxylic acids is 1. The van der Waals surface area contributed by atoms with Crippen LogP contribution >= 0.6 is 0 Å². The first-order chi connectivity index (χ1) is 8.96. The van der Waals surface area contributed by atoms with Crippen LogP contribution in [0.15, 0.2) is 30.3 Å². The van der Waals surface area contributed by atoms with Gasteiger partial charge in [0.1, 0.15) is 5.54 Å². The van der Waals surface area contributed by atoms with E-state index in [-0.39, 0.29) is 5.91 Å². The van der Waals surface area contributed by atoms with Gasteiger partial charge in [0, 0.05) is 6.04 Å². The molecule has 0 radical (unpaired) electrons. The lowest BCUT2D eigenvalue weighted by molar-refractivity contribution is -0.143. The second-order valence-electron chi connectivity index (χ2n) is 5.10. The minimum absolute atomic E-state index is 0.309. The van der Waals surface area contributed by atoms with Crippen molar-refractivity contribution in [3.63, 3.8) is 0 Å². The number of benzene rings is 1. The summed E-state index contributed by atoms with van der Waals surface area (Å²) in [5.74, 6) is -1.75. The molecule has 19 heavy (non-hydrogen) atoms. The Balaban J connectivity index is 2.02. The molecule has 0 bridgehead atoms. The molecule has 1 saturated carbocycles. The smallest absolute Gasteiger partial charge is 0.329 e. The van der Waals surface area contributed by atoms with Crippen LogP contribution in [-0.2, 0) is 9.59 Å². The number of nitrogens with one attached hydrogen (secondary N) is 1. The third-order valence-corrected chi connectivity index (χ3v) is 3.66. The number of nitrogens with two attached hydrogens (primary N) is 1. The van der Waals surface area contributed by atoms with Crippen LogP contribution in [-0.4, -0.2) is 22.5 Å². The van der Waals surface area contributed by atoms with E-state index in [1.54, 1.807) is 6.92 Å². The Kier molecular flexibility index (Phi) is 3.57. The summed E-state index contributed by atoms with van der Waals surface area (Å²) in [4.78, 5) is 23.1. The highest BCUT2D eigenvalue weighted by Crippen LogP contribution is 2.36. The molecule has 2 rings (SSSR count). The lowest BCUT2D eigenvalue weighted by Gasteiger charge is -2.22. The van der Waals surface area contributed by atoms with Crippen molar-refractivity contribution in [2.75, 3.05) is 0 Å². The normalized spacial score (nSPS) is 19.3. The SMILES string of the molecule is CC(C(=O)NC1(C(=O)O)CC1)C(N)c1ccccc1. The van der Waals surface area contributed by atoms with E-state index in [4.69, 9.17) is 10.8 Å². The van der Waals surface area contributed by atoms with E-state index in [2.05, 4.69) is 5.32 Å². The van der Waals surface area contributed by atoms with Crippen molar-refractivity contribution >= 4 is 11.9 Å². The van der Waals surface area contributed by atoms with Crippen molar-refractivity contribution in [2.24, 2.45) is 11.7 Å². The molecule has 0 heterocycles. The Morgan fingerprint density at radius 2 is 1.89 bits per heavy atom. The molecular formula is C14H18N2O3. The molecule has 0 aromatic heterocycles. The lowest BCUT2D eigenvalue weighted by Crippen LogP contribution is -2.47. The highest BCUT2D eigenvalue weighted by molar-refractivity contribution is 5.90. The summed E-state index contributed by atoms with van der Waals surface area (Å²) in [6.45, 7) is 1.71. The van der Waals surface area contributed by atoms with E-state index in [1.165, 1.54) is 0 Å². The summed E-state index contributed by atoms with van der Waals surface area (Å²) in [7, 11) is 0. The highest BCUT2D eigenvalue weighted by Gasteiger charge is 2.52. The molecule has 5 heteroatoms. The molecule has 1 aliphatic rings. The minimum Gasteiger partial charge on any atom is -0.480 e. The van der Waals surface area contributed by atoms with Crippen LogP contribution in [0.4, 0.5) is 0 Å². The van der Waals surface area contributed by atoms with Crippen LogP contribution in [0.3, 0.4) is 0 Å². The molecule has 5 nitrogen and oxygen atoms in total. The minimum atomic E-state index is -1.05. The first kappa shape index (κ1) is 13.5. The molecule has 4 N–H and O–H groups in total. The van der Waals surface area contributed by atoms with Crippen LogP contribution in [0.2, 0.25) is 0 Å². The summed E-state index contributed by atoms with van der Waals surface area (Å²) in [5.41, 5.74) is 5.86. The highest BCUT2D eigenvalue weighted by atomic mass is 16.4. The van der Waals surface area contributed by atoms with E-state index in [0.29, 0.717) is 12.8 Å². The summed E-state index contributed by atoms with van der Waals surface area (Å²) in [5, 5.41) is 11.6. The number of rotatable bonds is 5.